The number of ketones is 2. The molecule has 176 valence electrons. The van der Waals surface area contributed by atoms with Gasteiger partial charge < -0.3 is 19.7 Å². The highest BCUT2D eigenvalue weighted by Crippen LogP contribution is 2.40. The van der Waals surface area contributed by atoms with E-state index in [4.69, 9.17) is 9.47 Å². The minimum atomic E-state index is -1.04. The van der Waals surface area contributed by atoms with Gasteiger partial charge in [-0.1, -0.05) is 60.7 Å². The van der Waals surface area contributed by atoms with Gasteiger partial charge >= 0.3 is 11.9 Å². The van der Waals surface area contributed by atoms with E-state index in [0.717, 1.165) is 0 Å². The smallest absolute Gasteiger partial charge is 0.306 e. The largest absolute Gasteiger partial charge is 0.504 e. The van der Waals surface area contributed by atoms with Gasteiger partial charge in [0.25, 0.3) is 0 Å². The van der Waals surface area contributed by atoms with Crippen LogP contribution in [0, 0.1) is 0 Å². The Kier molecular flexibility index (Phi) is 7.63. The first-order chi connectivity index (χ1) is 16.3. The summed E-state index contributed by atoms with van der Waals surface area (Å²) in [5, 5.41) is 21.8. The number of esters is 2. The predicted octanol–water partition coefficient (Wildman–Crippen LogP) is 3.46. The van der Waals surface area contributed by atoms with E-state index < -0.39 is 58.0 Å². The van der Waals surface area contributed by atoms with Gasteiger partial charge in [-0.25, -0.2) is 0 Å². The number of hydrogen-bond donors (Lipinski definition) is 2. The SMILES string of the molecule is COC(=O)C[C@H](C1=C(O)C(=O)C([C@@H](CC(=O)OC)c2ccccc2)=C(O)C1=O)c1ccccc1. The number of methoxy groups -OCH3 is 2. The van der Waals surface area contributed by atoms with Crippen LogP contribution in [0.25, 0.3) is 0 Å². The Morgan fingerprint density at radius 1 is 0.676 bits per heavy atom. The highest BCUT2D eigenvalue weighted by molar-refractivity contribution is 6.24. The van der Waals surface area contributed by atoms with Crippen molar-refractivity contribution in [3.05, 3.63) is 94.5 Å². The third-order valence-electron chi connectivity index (χ3n) is 5.73. The number of carbonyl (C=O) groups excluding carboxylic acids is 4. The van der Waals surface area contributed by atoms with E-state index in [1.807, 2.05) is 0 Å². The summed E-state index contributed by atoms with van der Waals surface area (Å²) in [4.78, 5) is 50.8. The van der Waals surface area contributed by atoms with Gasteiger partial charge in [0, 0.05) is 11.8 Å². The van der Waals surface area contributed by atoms with E-state index in [1.165, 1.54) is 14.2 Å². The molecule has 2 atom stereocenters. The van der Waals surface area contributed by atoms with E-state index in [1.54, 1.807) is 60.7 Å². The number of hydrogen-bond acceptors (Lipinski definition) is 8. The molecule has 1 aliphatic rings. The summed E-state index contributed by atoms with van der Waals surface area (Å²) in [7, 11) is 2.36. The highest BCUT2D eigenvalue weighted by atomic mass is 16.5. The van der Waals surface area contributed by atoms with Crippen LogP contribution in [0.3, 0.4) is 0 Å². The van der Waals surface area contributed by atoms with Crippen molar-refractivity contribution in [3.8, 4) is 0 Å². The molecule has 0 saturated heterocycles. The van der Waals surface area contributed by atoms with Crippen LogP contribution in [0.2, 0.25) is 0 Å². The van der Waals surface area contributed by atoms with Gasteiger partial charge in [-0.05, 0) is 11.1 Å². The Morgan fingerprint density at radius 3 is 1.29 bits per heavy atom. The first kappa shape index (κ1) is 24.4. The Balaban J connectivity index is 2.13. The van der Waals surface area contributed by atoms with Crippen LogP contribution in [-0.2, 0) is 28.7 Å². The zero-order valence-corrected chi connectivity index (χ0v) is 18.7. The second kappa shape index (κ2) is 10.6. The summed E-state index contributed by atoms with van der Waals surface area (Å²) in [5.41, 5.74) is 0.127. The summed E-state index contributed by atoms with van der Waals surface area (Å²) < 4.78 is 9.45. The third-order valence-corrected chi connectivity index (χ3v) is 5.73. The average Bonchev–Trinajstić information content (AvgIpc) is 2.87. The number of carbonyl (C=O) groups is 4. The molecule has 0 fully saturated rings. The molecule has 0 unspecified atom stereocenters. The zero-order chi connectivity index (χ0) is 24.8. The van der Waals surface area contributed by atoms with Crippen LogP contribution in [0.1, 0.15) is 35.8 Å². The molecular weight excluding hydrogens is 440 g/mol. The monoisotopic (exact) mass is 464 g/mol. The minimum absolute atomic E-state index is 0.341. The van der Waals surface area contributed by atoms with Crippen molar-refractivity contribution >= 4 is 23.5 Å². The van der Waals surface area contributed by atoms with Crippen molar-refractivity contribution in [2.75, 3.05) is 14.2 Å². The molecule has 0 heterocycles. The Morgan fingerprint density at radius 2 is 1.00 bits per heavy atom. The van der Waals surface area contributed by atoms with Crippen molar-refractivity contribution < 1.29 is 38.9 Å². The molecule has 1 aliphatic carbocycles. The molecule has 0 bridgehead atoms. The fraction of sp³-hybridized carbons (Fsp3) is 0.231. The summed E-state index contributed by atoms with van der Waals surface area (Å²) in [5.74, 6) is -7.20. The van der Waals surface area contributed by atoms with Gasteiger partial charge in [0.1, 0.15) is 0 Å². The number of Topliss-reactive ketones (excluding diaryl/α,β-unsaturated/α-hetero) is 2. The molecule has 0 saturated carbocycles. The average molecular weight is 464 g/mol. The fourth-order valence-electron chi connectivity index (χ4n) is 4.01. The zero-order valence-electron chi connectivity index (χ0n) is 18.7. The van der Waals surface area contributed by atoms with E-state index in [9.17, 15) is 29.4 Å². The first-order valence-corrected chi connectivity index (χ1v) is 10.5. The number of benzene rings is 2. The number of rotatable bonds is 8. The third kappa shape index (κ3) is 4.91. The molecule has 2 N–H and O–H groups in total. The molecule has 8 heteroatoms. The van der Waals surface area contributed by atoms with Crippen molar-refractivity contribution in [2.24, 2.45) is 0 Å². The van der Waals surface area contributed by atoms with Gasteiger partial charge in [-0.3, -0.25) is 19.2 Å². The van der Waals surface area contributed by atoms with Crippen molar-refractivity contribution in [1.29, 1.82) is 0 Å². The van der Waals surface area contributed by atoms with E-state index in [0.29, 0.717) is 11.1 Å². The maximum absolute atomic E-state index is 13.3. The van der Waals surface area contributed by atoms with Crippen LogP contribution >= 0.6 is 0 Å². The summed E-state index contributed by atoms with van der Waals surface area (Å²) in [6, 6.07) is 16.7. The maximum atomic E-state index is 13.3. The van der Waals surface area contributed by atoms with Crippen LogP contribution in [0.5, 0.6) is 0 Å². The van der Waals surface area contributed by atoms with Gasteiger partial charge in [-0.15, -0.1) is 0 Å². The molecule has 3 rings (SSSR count). The van der Waals surface area contributed by atoms with Crippen LogP contribution < -0.4 is 0 Å². The second-order valence-corrected chi connectivity index (χ2v) is 7.67. The number of ether oxygens (including phenoxy) is 2. The number of aliphatic hydroxyl groups excluding tert-OH is 2. The van der Waals surface area contributed by atoms with E-state index in [-0.39, 0.29) is 12.8 Å². The fourth-order valence-corrected chi connectivity index (χ4v) is 4.01. The van der Waals surface area contributed by atoms with Gasteiger partial charge in [0.05, 0.1) is 38.2 Å². The molecule has 2 aromatic rings. The first-order valence-electron chi connectivity index (χ1n) is 10.5. The highest BCUT2D eigenvalue weighted by Gasteiger charge is 2.43. The van der Waals surface area contributed by atoms with Crippen LogP contribution in [-0.4, -0.2) is 47.9 Å². The summed E-state index contributed by atoms with van der Waals surface area (Å²) >= 11 is 0. The molecule has 0 aliphatic heterocycles. The normalized spacial score (nSPS) is 15.7. The number of allylic oxidation sites excluding steroid dienone is 2. The second-order valence-electron chi connectivity index (χ2n) is 7.67. The van der Waals surface area contributed by atoms with Gasteiger partial charge in [0.15, 0.2) is 11.5 Å². The lowest BCUT2D eigenvalue weighted by molar-refractivity contribution is -0.142. The molecule has 0 spiro atoms. The quantitative estimate of drug-likeness (QED) is 0.449. The molecule has 8 nitrogen and oxygen atoms in total. The molecule has 0 aromatic heterocycles. The van der Waals surface area contributed by atoms with Crippen LogP contribution in [0.4, 0.5) is 0 Å². The predicted molar refractivity (Wildman–Crippen MR) is 121 cm³/mol. The Bertz CT molecular complexity index is 1070. The van der Waals surface area contributed by atoms with Gasteiger partial charge in [0.2, 0.25) is 11.6 Å². The molecule has 34 heavy (non-hydrogen) atoms. The lowest BCUT2D eigenvalue weighted by Gasteiger charge is -2.27. The molecule has 0 radical (unpaired) electrons. The van der Waals surface area contributed by atoms with Crippen molar-refractivity contribution in [1.82, 2.24) is 0 Å². The Labute approximate surface area is 196 Å². The molecule has 2 aromatic carbocycles. The van der Waals surface area contributed by atoms with Crippen LogP contribution in [0.15, 0.2) is 83.3 Å². The Hall–Kier alpha value is -4.20. The van der Waals surface area contributed by atoms with Gasteiger partial charge in [-0.2, -0.15) is 0 Å². The van der Waals surface area contributed by atoms with E-state index in [2.05, 4.69) is 0 Å². The molecular formula is C26H24O8. The number of aliphatic hydroxyl groups is 2. The topological polar surface area (TPSA) is 127 Å². The lowest BCUT2D eigenvalue weighted by atomic mass is 9.76. The molecule has 0 amide bonds. The van der Waals surface area contributed by atoms with Crippen molar-refractivity contribution in [2.45, 2.75) is 24.7 Å². The summed E-state index contributed by atoms with van der Waals surface area (Å²) in [6.07, 6.45) is -0.683. The minimum Gasteiger partial charge on any atom is -0.504 e. The van der Waals surface area contributed by atoms with E-state index >= 15 is 0 Å². The standard InChI is InChI=1S/C26H24O8/c1-33-19(27)13-17(15-9-5-3-6-10-15)21-23(29)25(31)22(26(32)24(21)30)18(14-20(28)34-2)16-11-7-4-8-12-16/h3-12,17-18,29,32H,13-14H2,1-2H3/t17-,18-/m0/s1. The summed E-state index contributed by atoms with van der Waals surface area (Å²) in [6.45, 7) is 0. The lowest BCUT2D eigenvalue weighted by Crippen LogP contribution is -2.31. The van der Waals surface area contributed by atoms with Crippen molar-refractivity contribution in [3.63, 3.8) is 0 Å². The maximum Gasteiger partial charge on any atom is 0.306 e.